The molecule has 152 valence electrons. The first-order chi connectivity index (χ1) is 12.3. The van der Waals surface area contributed by atoms with E-state index in [2.05, 4.69) is 15.0 Å². The highest BCUT2D eigenvalue weighted by Crippen LogP contribution is 2.07. The molecule has 0 spiro atoms. The van der Waals surface area contributed by atoms with Crippen LogP contribution in [0, 0.1) is 6.92 Å². The molecule has 3 N–H and O–H groups in total. The maximum atomic E-state index is 12.0. The van der Waals surface area contributed by atoms with Crippen LogP contribution in [0.1, 0.15) is 33.0 Å². The molecule has 0 aliphatic carbocycles. The van der Waals surface area contributed by atoms with Crippen molar-refractivity contribution in [2.24, 2.45) is 7.05 Å². The molecule has 0 saturated carbocycles. The molecule has 0 atom stereocenters. The van der Waals surface area contributed by atoms with Crippen molar-refractivity contribution in [3.63, 3.8) is 0 Å². The summed E-state index contributed by atoms with van der Waals surface area (Å²) in [6, 6.07) is -0.707. The van der Waals surface area contributed by atoms with Gasteiger partial charge in [0.05, 0.1) is 6.42 Å². The summed E-state index contributed by atoms with van der Waals surface area (Å²) in [6.07, 6.45) is 1.06. The molecule has 0 bridgehead atoms. The molecule has 3 amide bonds. The lowest BCUT2D eigenvalue weighted by Gasteiger charge is -2.20. The zero-order valence-electron chi connectivity index (χ0n) is 16.0. The minimum atomic E-state index is -3.84. The topological polar surface area (TPSA) is 148 Å². The molecule has 11 nitrogen and oxygen atoms in total. The van der Waals surface area contributed by atoms with E-state index in [1.807, 2.05) is 5.32 Å². The van der Waals surface area contributed by atoms with Gasteiger partial charge in [0, 0.05) is 25.3 Å². The summed E-state index contributed by atoms with van der Waals surface area (Å²) in [5, 5.41) is 4.37. The summed E-state index contributed by atoms with van der Waals surface area (Å²) in [5.74, 6) is -1.06. The molecular weight excluding hydrogens is 378 g/mol. The van der Waals surface area contributed by atoms with Gasteiger partial charge in [0.25, 0.3) is 15.9 Å². The fourth-order valence-corrected chi connectivity index (χ4v) is 2.84. The smallest absolute Gasteiger partial charge is 0.321 e. The summed E-state index contributed by atoms with van der Waals surface area (Å²) in [5.41, 5.74) is -0.523. The Bertz CT molecular complexity index is 790. The molecule has 1 aromatic heterocycles. The van der Waals surface area contributed by atoms with Crippen molar-refractivity contribution in [2.75, 3.05) is 13.2 Å². The third-order valence-corrected chi connectivity index (χ3v) is 4.42. The number of imide groups is 1. The number of amides is 3. The quantitative estimate of drug-likeness (QED) is 0.523. The average Bonchev–Trinajstić information content (AvgIpc) is 2.83. The number of nitrogens with one attached hydrogen (secondary N) is 3. The molecule has 0 aliphatic rings. The van der Waals surface area contributed by atoms with E-state index < -0.39 is 40.1 Å². The summed E-state index contributed by atoms with van der Waals surface area (Å²) in [4.78, 5) is 38.5. The van der Waals surface area contributed by atoms with Gasteiger partial charge in [-0.25, -0.2) is 22.9 Å². The van der Waals surface area contributed by atoms with E-state index in [9.17, 15) is 22.8 Å². The van der Waals surface area contributed by atoms with Crippen molar-refractivity contribution in [3.8, 4) is 0 Å². The van der Waals surface area contributed by atoms with Crippen molar-refractivity contribution in [2.45, 2.75) is 44.7 Å². The standard InChI is InChI=1S/C15H25N5O6S/c1-10-17-12(8-20(10)5)27(24,25)16-7-6-13(22)26-9-11(21)18-14(23)19-15(2,3)4/h8,16H,6-7,9H2,1-5H3,(H2,18,19,21,23). The van der Waals surface area contributed by atoms with Crippen LogP contribution in [0.4, 0.5) is 4.79 Å². The van der Waals surface area contributed by atoms with Crippen molar-refractivity contribution in [3.05, 3.63) is 12.0 Å². The molecule has 1 rings (SSSR count). The first-order valence-electron chi connectivity index (χ1n) is 8.07. The molecular formula is C15H25N5O6S. The number of hydrogen-bond donors (Lipinski definition) is 3. The third-order valence-electron chi connectivity index (χ3n) is 3.09. The van der Waals surface area contributed by atoms with Gasteiger partial charge in [0.1, 0.15) is 5.82 Å². The molecule has 1 aromatic rings. The van der Waals surface area contributed by atoms with E-state index in [0.29, 0.717) is 5.82 Å². The maximum Gasteiger partial charge on any atom is 0.321 e. The predicted octanol–water partition coefficient (Wildman–Crippen LogP) is -0.436. The van der Waals surface area contributed by atoms with Crippen LogP contribution in [0.15, 0.2) is 11.2 Å². The van der Waals surface area contributed by atoms with Gasteiger partial charge in [-0.1, -0.05) is 0 Å². The van der Waals surface area contributed by atoms with Gasteiger partial charge in [-0.3, -0.25) is 14.9 Å². The first-order valence-corrected chi connectivity index (χ1v) is 9.56. The van der Waals surface area contributed by atoms with E-state index >= 15 is 0 Å². The minimum Gasteiger partial charge on any atom is -0.456 e. The van der Waals surface area contributed by atoms with Crippen LogP contribution in [0.5, 0.6) is 0 Å². The Morgan fingerprint density at radius 3 is 2.41 bits per heavy atom. The Morgan fingerprint density at radius 2 is 1.89 bits per heavy atom. The van der Waals surface area contributed by atoms with Crippen molar-refractivity contribution in [1.29, 1.82) is 0 Å². The molecule has 0 unspecified atom stereocenters. The van der Waals surface area contributed by atoms with Crippen LogP contribution in [0.25, 0.3) is 0 Å². The second-order valence-electron chi connectivity index (χ2n) is 6.80. The van der Waals surface area contributed by atoms with E-state index in [1.54, 1.807) is 39.3 Å². The lowest BCUT2D eigenvalue weighted by Crippen LogP contribution is -2.49. The highest BCUT2D eigenvalue weighted by atomic mass is 32.2. The Morgan fingerprint density at radius 1 is 1.26 bits per heavy atom. The summed E-state index contributed by atoms with van der Waals surface area (Å²) < 4.78 is 32.5. The van der Waals surface area contributed by atoms with Gasteiger partial charge in [-0.15, -0.1) is 0 Å². The number of imidazole rings is 1. The highest BCUT2D eigenvalue weighted by Gasteiger charge is 2.19. The number of urea groups is 1. The van der Waals surface area contributed by atoms with Crippen LogP contribution in [-0.2, 0) is 31.4 Å². The largest absolute Gasteiger partial charge is 0.456 e. The number of aryl methyl sites for hydroxylation is 2. The van der Waals surface area contributed by atoms with Crippen molar-refractivity contribution >= 4 is 27.9 Å². The van der Waals surface area contributed by atoms with Gasteiger partial charge in [-0.2, -0.15) is 0 Å². The van der Waals surface area contributed by atoms with Crippen LogP contribution in [0.2, 0.25) is 0 Å². The number of nitrogens with zero attached hydrogens (tertiary/aromatic N) is 2. The molecule has 27 heavy (non-hydrogen) atoms. The monoisotopic (exact) mass is 403 g/mol. The Kier molecular flexibility index (Phi) is 7.48. The Balaban J connectivity index is 2.35. The van der Waals surface area contributed by atoms with Crippen LogP contribution in [-0.4, -0.2) is 54.6 Å². The molecule has 0 fully saturated rings. The van der Waals surface area contributed by atoms with Crippen molar-refractivity contribution in [1.82, 2.24) is 24.9 Å². The van der Waals surface area contributed by atoms with E-state index in [1.165, 1.54) is 6.20 Å². The first kappa shape index (κ1) is 22.6. The third kappa shape index (κ3) is 8.17. The lowest BCUT2D eigenvalue weighted by atomic mass is 10.1. The molecule has 0 saturated heterocycles. The number of hydrogen-bond acceptors (Lipinski definition) is 7. The van der Waals surface area contributed by atoms with Gasteiger partial charge in [0.15, 0.2) is 11.6 Å². The zero-order valence-corrected chi connectivity index (χ0v) is 16.8. The number of sulfonamides is 1. The molecule has 1 heterocycles. The summed E-state index contributed by atoms with van der Waals surface area (Å²) >= 11 is 0. The van der Waals surface area contributed by atoms with Crippen LogP contribution < -0.4 is 15.4 Å². The number of esters is 1. The van der Waals surface area contributed by atoms with E-state index in [4.69, 9.17) is 4.74 Å². The predicted molar refractivity (Wildman–Crippen MR) is 95.1 cm³/mol. The van der Waals surface area contributed by atoms with Gasteiger partial charge < -0.3 is 14.6 Å². The second-order valence-corrected chi connectivity index (χ2v) is 8.51. The number of ether oxygens (including phenoxy) is 1. The van der Waals surface area contributed by atoms with Crippen molar-refractivity contribution < 1.29 is 27.5 Å². The van der Waals surface area contributed by atoms with E-state index in [0.717, 1.165) is 0 Å². The number of aromatic nitrogens is 2. The van der Waals surface area contributed by atoms with Gasteiger partial charge in [-0.05, 0) is 27.7 Å². The normalized spacial score (nSPS) is 11.7. The SMILES string of the molecule is Cc1nc(S(=O)(=O)NCCC(=O)OCC(=O)NC(=O)NC(C)(C)C)cn1C. The van der Waals surface area contributed by atoms with E-state index in [-0.39, 0.29) is 18.0 Å². The minimum absolute atomic E-state index is 0.153. The lowest BCUT2D eigenvalue weighted by molar-refractivity contribution is -0.148. The Hall–Kier alpha value is -2.47. The number of carbonyl (C=O) groups excluding carboxylic acids is 3. The number of rotatable bonds is 7. The molecule has 0 aromatic carbocycles. The zero-order chi connectivity index (χ0) is 20.8. The molecule has 0 aliphatic heterocycles. The fraction of sp³-hybridized carbons (Fsp3) is 0.600. The van der Waals surface area contributed by atoms with Gasteiger partial charge >= 0.3 is 12.0 Å². The van der Waals surface area contributed by atoms with Crippen LogP contribution >= 0.6 is 0 Å². The average molecular weight is 403 g/mol. The van der Waals surface area contributed by atoms with Gasteiger partial charge in [0.2, 0.25) is 0 Å². The molecule has 0 radical (unpaired) electrons. The highest BCUT2D eigenvalue weighted by molar-refractivity contribution is 7.89. The summed E-state index contributed by atoms with van der Waals surface area (Å²) in [7, 11) is -2.19. The fourth-order valence-electron chi connectivity index (χ4n) is 1.77. The molecule has 12 heteroatoms. The van der Waals surface area contributed by atoms with Crippen LogP contribution in [0.3, 0.4) is 0 Å². The number of carbonyl (C=O) groups is 3. The second kappa shape index (κ2) is 8.95. The maximum absolute atomic E-state index is 12.0. The summed E-state index contributed by atoms with van der Waals surface area (Å²) in [6.45, 7) is 6.01. The Labute approximate surface area is 157 Å².